The molecule has 0 saturated heterocycles. The number of aromatic nitrogens is 3. The second-order valence-electron chi connectivity index (χ2n) is 3.43. The monoisotopic (exact) mass is 321 g/mol. The third-order valence-electron chi connectivity index (χ3n) is 2.01. The Hall–Kier alpha value is -1.57. The summed E-state index contributed by atoms with van der Waals surface area (Å²) in [6.45, 7) is 0. The molecule has 0 amide bonds. The van der Waals surface area contributed by atoms with E-state index in [2.05, 4.69) is 30.7 Å². The molecule has 4 nitrogen and oxygen atoms in total. The lowest BCUT2D eigenvalue weighted by molar-refractivity contribution is -0.274. The minimum atomic E-state index is -4.75. The Kier molecular flexibility index (Phi) is 3.29. The maximum absolute atomic E-state index is 12.3. The Balaban J connectivity index is 2.47. The van der Waals surface area contributed by atoms with Gasteiger partial charge in [-0.2, -0.15) is 5.10 Å². The number of hydrogen-bond donors (Lipinski definition) is 0. The molecule has 1 heterocycles. The SMILES string of the molecule is Cn1cnc(-c2cc(Br)ccc2OC(F)(F)F)n1. The highest BCUT2D eigenvalue weighted by Crippen LogP contribution is 2.34. The zero-order valence-electron chi connectivity index (χ0n) is 9.07. The number of halogens is 4. The molecular formula is C10H7BrF3N3O. The Labute approximate surface area is 109 Å². The number of hydrogen-bond acceptors (Lipinski definition) is 3. The van der Waals surface area contributed by atoms with E-state index in [-0.39, 0.29) is 17.1 Å². The molecule has 0 unspecified atom stereocenters. The first-order chi connectivity index (χ1) is 8.35. The first kappa shape index (κ1) is 12.9. The number of rotatable bonds is 2. The summed E-state index contributed by atoms with van der Waals surface area (Å²) in [4.78, 5) is 3.90. The van der Waals surface area contributed by atoms with Crippen molar-refractivity contribution in [1.82, 2.24) is 14.8 Å². The highest BCUT2D eigenvalue weighted by atomic mass is 79.9. The van der Waals surface area contributed by atoms with Crippen LogP contribution in [0.25, 0.3) is 11.4 Å². The highest BCUT2D eigenvalue weighted by molar-refractivity contribution is 9.10. The maximum Gasteiger partial charge on any atom is 0.573 e. The minimum absolute atomic E-state index is 0.165. The van der Waals surface area contributed by atoms with Crippen molar-refractivity contribution < 1.29 is 17.9 Å². The van der Waals surface area contributed by atoms with Crippen molar-refractivity contribution >= 4 is 15.9 Å². The van der Waals surface area contributed by atoms with Gasteiger partial charge in [-0.25, -0.2) is 4.98 Å². The molecule has 8 heteroatoms. The van der Waals surface area contributed by atoms with Gasteiger partial charge < -0.3 is 4.74 Å². The van der Waals surface area contributed by atoms with Crippen LogP contribution in [0.3, 0.4) is 0 Å². The smallest absolute Gasteiger partial charge is 0.405 e. The first-order valence-corrected chi connectivity index (χ1v) is 5.56. The first-order valence-electron chi connectivity index (χ1n) is 4.76. The van der Waals surface area contributed by atoms with Crippen LogP contribution < -0.4 is 4.74 Å². The van der Waals surface area contributed by atoms with E-state index in [1.54, 1.807) is 7.05 Å². The van der Waals surface area contributed by atoms with Crippen LogP contribution in [0.4, 0.5) is 13.2 Å². The van der Waals surface area contributed by atoms with Crippen LogP contribution in [0.2, 0.25) is 0 Å². The quantitative estimate of drug-likeness (QED) is 0.853. The second kappa shape index (κ2) is 4.60. The van der Waals surface area contributed by atoms with Gasteiger partial charge in [-0.3, -0.25) is 4.68 Å². The van der Waals surface area contributed by atoms with Gasteiger partial charge in [0.15, 0.2) is 5.82 Å². The summed E-state index contributed by atoms with van der Waals surface area (Å²) in [7, 11) is 1.62. The van der Waals surface area contributed by atoms with Gasteiger partial charge in [-0.15, -0.1) is 13.2 Å². The predicted molar refractivity (Wildman–Crippen MR) is 60.8 cm³/mol. The molecule has 0 N–H and O–H groups in total. The summed E-state index contributed by atoms with van der Waals surface area (Å²) in [6, 6.07) is 4.13. The predicted octanol–water partition coefficient (Wildman–Crippen LogP) is 3.14. The molecule has 0 saturated carbocycles. The van der Waals surface area contributed by atoms with E-state index < -0.39 is 6.36 Å². The molecule has 0 atom stereocenters. The third-order valence-corrected chi connectivity index (χ3v) is 2.50. The second-order valence-corrected chi connectivity index (χ2v) is 4.35. The van der Waals surface area contributed by atoms with Crippen molar-refractivity contribution in [2.24, 2.45) is 7.05 Å². The fourth-order valence-corrected chi connectivity index (χ4v) is 1.71. The maximum atomic E-state index is 12.3. The van der Waals surface area contributed by atoms with Crippen molar-refractivity contribution in [1.29, 1.82) is 0 Å². The van der Waals surface area contributed by atoms with Crippen molar-refractivity contribution in [2.45, 2.75) is 6.36 Å². The number of nitrogens with zero attached hydrogens (tertiary/aromatic N) is 3. The van der Waals surface area contributed by atoms with Gasteiger partial charge in [0.1, 0.15) is 12.1 Å². The Bertz CT molecular complexity index is 568. The molecule has 96 valence electrons. The molecule has 0 aliphatic heterocycles. The summed E-state index contributed by atoms with van der Waals surface area (Å²) in [5, 5.41) is 3.95. The lowest BCUT2D eigenvalue weighted by Gasteiger charge is -2.11. The zero-order chi connectivity index (χ0) is 13.3. The minimum Gasteiger partial charge on any atom is -0.405 e. The summed E-state index contributed by atoms with van der Waals surface area (Å²) in [5.41, 5.74) is 0.169. The average Bonchev–Trinajstić information content (AvgIpc) is 2.65. The van der Waals surface area contributed by atoms with Crippen LogP contribution in [0.5, 0.6) is 5.75 Å². The molecule has 2 aromatic rings. The number of ether oxygens (including phenoxy) is 1. The van der Waals surface area contributed by atoms with Crippen LogP contribution in [-0.4, -0.2) is 21.1 Å². The number of aryl methyl sites for hydroxylation is 1. The summed E-state index contributed by atoms with van der Waals surface area (Å²) in [5.74, 6) is -0.171. The van der Waals surface area contributed by atoms with Gasteiger partial charge in [0.05, 0.1) is 5.56 Å². The molecule has 0 bridgehead atoms. The summed E-state index contributed by atoms with van der Waals surface area (Å²) in [6.07, 6.45) is -3.36. The van der Waals surface area contributed by atoms with Gasteiger partial charge in [-0.05, 0) is 18.2 Å². The fraction of sp³-hybridized carbons (Fsp3) is 0.200. The molecule has 0 aliphatic rings. The Morgan fingerprint density at radius 3 is 2.61 bits per heavy atom. The van der Waals surface area contributed by atoms with Crippen LogP contribution in [0.15, 0.2) is 29.0 Å². The van der Waals surface area contributed by atoms with E-state index in [9.17, 15) is 13.2 Å². The topological polar surface area (TPSA) is 39.9 Å². The van der Waals surface area contributed by atoms with Crippen molar-refractivity contribution in [3.8, 4) is 17.1 Å². The van der Waals surface area contributed by atoms with Gasteiger partial charge in [0, 0.05) is 11.5 Å². The number of alkyl halides is 3. The zero-order valence-corrected chi connectivity index (χ0v) is 10.7. The van der Waals surface area contributed by atoms with Gasteiger partial charge in [0.2, 0.25) is 0 Å². The lowest BCUT2D eigenvalue weighted by Crippen LogP contribution is -2.17. The van der Waals surface area contributed by atoms with Gasteiger partial charge in [0.25, 0.3) is 0 Å². The molecule has 1 aromatic heterocycles. The van der Waals surface area contributed by atoms with Crippen LogP contribution in [-0.2, 0) is 7.05 Å². The van der Waals surface area contributed by atoms with E-state index in [0.717, 1.165) is 0 Å². The largest absolute Gasteiger partial charge is 0.573 e. The summed E-state index contributed by atoms with van der Waals surface area (Å²) < 4.78 is 42.7. The number of benzene rings is 1. The molecule has 2 rings (SSSR count). The van der Waals surface area contributed by atoms with Crippen molar-refractivity contribution in [3.05, 3.63) is 29.0 Å². The normalized spacial score (nSPS) is 11.6. The van der Waals surface area contributed by atoms with E-state index in [1.807, 2.05) is 0 Å². The standard InChI is InChI=1S/C10H7BrF3N3O/c1-17-5-15-9(16-17)7-4-6(11)2-3-8(7)18-10(12,13)14/h2-5H,1H3. The molecule has 18 heavy (non-hydrogen) atoms. The molecule has 0 fully saturated rings. The molecule has 0 aliphatic carbocycles. The van der Waals surface area contributed by atoms with Crippen LogP contribution in [0.1, 0.15) is 0 Å². The van der Waals surface area contributed by atoms with Crippen LogP contribution >= 0.6 is 15.9 Å². The van der Waals surface area contributed by atoms with Crippen LogP contribution in [0, 0.1) is 0 Å². The van der Waals surface area contributed by atoms with Crippen molar-refractivity contribution in [2.75, 3.05) is 0 Å². The third kappa shape index (κ3) is 3.00. The fourth-order valence-electron chi connectivity index (χ4n) is 1.35. The van der Waals surface area contributed by atoms with E-state index in [0.29, 0.717) is 4.47 Å². The lowest BCUT2D eigenvalue weighted by atomic mass is 10.2. The van der Waals surface area contributed by atoms with E-state index >= 15 is 0 Å². The van der Waals surface area contributed by atoms with Gasteiger partial charge >= 0.3 is 6.36 Å². The van der Waals surface area contributed by atoms with E-state index in [1.165, 1.54) is 29.2 Å². The Morgan fingerprint density at radius 1 is 1.33 bits per heavy atom. The Morgan fingerprint density at radius 2 is 2.06 bits per heavy atom. The molecular weight excluding hydrogens is 315 g/mol. The molecule has 0 radical (unpaired) electrons. The van der Waals surface area contributed by atoms with Gasteiger partial charge in [-0.1, -0.05) is 15.9 Å². The highest BCUT2D eigenvalue weighted by Gasteiger charge is 2.32. The molecule has 1 aromatic carbocycles. The van der Waals surface area contributed by atoms with E-state index in [4.69, 9.17) is 0 Å². The molecule has 0 spiro atoms. The summed E-state index contributed by atoms with van der Waals surface area (Å²) >= 11 is 3.18. The van der Waals surface area contributed by atoms with Crippen molar-refractivity contribution in [3.63, 3.8) is 0 Å². The average molecular weight is 322 g/mol.